The molecular weight excluding hydrogens is 150 g/mol. The molecule has 2 aliphatic rings. The van der Waals surface area contributed by atoms with Crippen molar-refractivity contribution in [1.82, 2.24) is 10.6 Å². The van der Waals surface area contributed by atoms with Crippen LogP contribution in [0.5, 0.6) is 0 Å². The molecule has 1 saturated heterocycles. The molecule has 3 atom stereocenters. The van der Waals surface area contributed by atoms with Gasteiger partial charge in [0.25, 0.3) is 0 Å². The molecule has 0 aromatic carbocycles. The largest absolute Gasteiger partial charge is 0.310 e. The van der Waals surface area contributed by atoms with Gasteiger partial charge in [-0.1, -0.05) is 12.8 Å². The first-order chi connectivity index (χ1) is 5.90. The number of piperazine rings is 1. The molecule has 3 nitrogen and oxygen atoms in total. The molecule has 12 heavy (non-hydrogen) atoms. The van der Waals surface area contributed by atoms with E-state index in [1.54, 1.807) is 0 Å². The van der Waals surface area contributed by atoms with Crippen LogP contribution >= 0.6 is 0 Å². The van der Waals surface area contributed by atoms with Crippen molar-refractivity contribution in [3.8, 4) is 6.07 Å². The van der Waals surface area contributed by atoms with E-state index in [9.17, 15) is 0 Å². The predicted molar refractivity (Wildman–Crippen MR) is 46.6 cm³/mol. The topological polar surface area (TPSA) is 47.9 Å². The number of hydrogen-bond acceptors (Lipinski definition) is 3. The summed E-state index contributed by atoms with van der Waals surface area (Å²) in [6, 6.07) is 3.48. The van der Waals surface area contributed by atoms with Crippen LogP contribution < -0.4 is 10.6 Å². The Bertz CT molecular complexity index is 196. The van der Waals surface area contributed by atoms with Crippen molar-refractivity contribution in [3.63, 3.8) is 0 Å². The highest BCUT2D eigenvalue weighted by Crippen LogP contribution is 2.20. The number of rotatable bonds is 0. The zero-order valence-corrected chi connectivity index (χ0v) is 7.21. The molecule has 2 fully saturated rings. The molecule has 0 aromatic rings. The quantitative estimate of drug-likeness (QED) is 0.545. The Labute approximate surface area is 73.1 Å². The average molecular weight is 165 g/mol. The van der Waals surface area contributed by atoms with Crippen LogP contribution in [-0.4, -0.2) is 24.7 Å². The van der Waals surface area contributed by atoms with Crippen LogP contribution in [0.15, 0.2) is 0 Å². The molecule has 3 heteroatoms. The molecule has 2 rings (SSSR count). The average Bonchev–Trinajstić information content (AvgIpc) is 2.17. The minimum atomic E-state index is 0.0318. The van der Waals surface area contributed by atoms with Gasteiger partial charge >= 0.3 is 0 Å². The lowest BCUT2D eigenvalue weighted by atomic mass is 9.88. The van der Waals surface area contributed by atoms with Crippen LogP contribution in [0, 0.1) is 11.3 Å². The summed E-state index contributed by atoms with van der Waals surface area (Å²) in [5.74, 6) is 0. The van der Waals surface area contributed by atoms with E-state index in [4.69, 9.17) is 5.26 Å². The van der Waals surface area contributed by atoms with Crippen LogP contribution in [0.4, 0.5) is 0 Å². The molecular formula is C9H15N3. The highest BCUT2D eigenvalue weighted by atomic mass is 15.1. The molecule has 0 amide bonds. The predicted octanol–water partition coefficient (Wildman–Crippen LogP) is 0.383. The lowest BCUT2D eigenvalue weighted by Gasteiger charge is -2.39. The third-order valence-corrected chi connectivity index (χ3v) is 2.92. The monoisotopic (exact) mass is 165 g/mol. The van der Waals surface area contributed by atoms with Crippen LogP contribution in [0.1, 0.15) is 25.7 Å². The first-order valence-electron chi connectivity index (χ1n) is 4.79. The highest BCUT2D eigenvalue weighted by molar-refractivity contribution is 5.02. The number of hydrogen-bond donors (Lipinski definition) is 2. The Morgan fingerprint density at radius 3 is 2.67 bits per heavy atom. The maximum absolute atomic E-state index is 8.73. The third-order valence-electron chi connectivity index (χ3n) is 2.92. The Kier molecular flexibility index (Phi) is 2.29. The molecule has 2 N–H and O–H groups in total. The second-order valence-electron chi connectivity index (χ2n) is 3.75. The number of nitriles is 1. The maximum Gasteiger partial charge on any atom is 0.108 e. The summed E-state index contributed by atoms with van der Waals surface area (Å²) >= 11 is 0. The summed E-state index contributed by atoms with van der Waals surface area (Å²) in [6.07, 6.45) is 5.16. The van der Waals surface area contributed by atoms with Crippen LogP contribution in [0.2, 0.25) is 0 Å². The van der Waals surface area contributed by atoms with E-state index in [0.29, 0.717) is 12.1 Å². The van der Waals surface area contributed by atoms with Gasteiger partial charge in [-0.05, 0) is 12.8 Å². The second kappa shape index (κ2) is 3.42. The maximum atomic E-state index is 8.73. The lowest BCUT2D eigenvalue weighted by molar-refractivity contribution is 0.231. The Hall–Kier alpha value is -0.590. The van der Waals surface area contributed by atoms with Crippen molar-refractivity contribution in [2.24, 2.45) is 0 Å². The summed E-state index contributed by atoms with van der Waals surface area (Å²) in [5, 5.41) is 15.5. The molecule has 0 aromatic heterocycles. The Morgan fingerprint density at radius 2 is 1.92 bits per heavy atom. The first kappa shape index (κ1) is 8.03. The SMILES string of the molecule is N#C[C@H]1CN[C@@H]2CCCC[C@@H]2N1. The van der Waals surface area contributed by atoms with E-state index in [1.165, 1.54) is 25.7 Å². The number of nitrogens with one attached hydrogen (secondary N) is 2. The van der Waals surface area contributed by atoms with Crippen LogP contribution in [0.25, 0.3) is 0 Å². The first-order valence-corrected chi connectivity index (χ1v) is 4.79. The van der Waals surface area contributed by atoms with Gasteiger partial charge in [-0.3, -0.25) is 5.32 Å². The Balaban J connectivity index is 1.95. The van der Waals surface area contributed by atoms with Gasteiger partial charge in [-0.25, -0.2) is 0 Å². The Morgan fingerprint density at radius 1 is 1.17 bits per heavy atom. The fraction of sp³-hybridized carbons (Fsp3) is 0.889. The minimum absolute atomic E-state index is 0.0318. The second-order valence-corrected chi connectivity index (χ2v) is 3.75. The summed E-state index contributed by atoms with van der Waals surface area (Å²) in [7, 11) is 0. The molecule has 0 spiro atoms. The standard InChI is InChI=1S/C9H15N3/c10-5-7-6-11-8-3-1-2-4-9(8)12-7/h7-9,11-12H,1-4,6H2/t7-,8+,9-/m0/s1. The van der Waals surface area contributed by atoms with Crippen molar-refractivity contribution in [2.75, 3.05) is 6.54 Å². The van der Waals surface area contributed by atoms with Crippen molar-refractivity contribution in [2.45, 2.75) is 43.8 Å². The fourth-order valence-corrected chi connectivity index (χ4v) is 2.24. The normalized spacial score (nSPS) is 41.4. The zero-order chi connectivity index (χ0) is 8.39. The molecule has 1 aliphatic carbocycles. The molecule has 66 valence electrons. The summed E-state index contributed by atoms with van der Waals surface area (Å²) in [6.45, 7) is 0.817. The van der Waals surface area contributed by atoms with Gasteiger partial charge < -0.3 is 5.32 Å². The summed E-state index contributed by atoms with van der Waals surface area (Å²) in [5.41, 5.74) is 0. The van der Waals surface area contributed by atoms with E-state index in [0.717, 1.165) is 6.54 Å². The van der Waals surface area contributed by atoms with Crippen LogP contribution in [-0.2, 0) is 0 Å². The summed E-state index contributed by atoms with van der Waals surface area (Å²) < 4.78 is 0. The van der Waals surface area contributed by atoms with Gasteiger partial charge in [0.1, 0.15) is 6.04 Å². The molecule has 1 aliphatic heterocycles. The van der Waals surface area contributed by atoms with Gasteiger partial charge in [0, 0.05) is 18.6 Å². The third kappa shape index (κ3) is 1.45. The van der Waals surface area contributed by atoms with Crippen molar-refractivity contribution in [3.05, 3.63) is 0 Å². The van der Waals surface area contributed by atoms with Crippen molar-refractivity contribution >= 4 is 0 Å². The van der Waals surface area contributed by atoms with Gasteiger partial charge in [0.15, 0.2) is 0 Å². The molecule has 0 unspecified atom stereocenters. The van der Waals surface area contributed by atoms with E-state index >= 15 is 0 Å². The highest BCUT2D eigenvalue weighted by Gasteiger charge is 2.30. The smallest absolute Gasteiger partial charge is 0.108 e. The van der Waals surface area contributed by atoms with Crippen molar-refractivity contribution < 1.29 is 0 Å². The number of nitrogens with zero attached hydrogens (tertiary/aromatic N) is 1. The van der Waals surface area contributed by atoms with Crippen molar-refractivity contribution in [1.29, 1.82) is 5.26 Å². The molecule has 1 heterocycles. The van der Waals surface area contributed by atoms with E-state index in [-0.39, 0.29) is 6.04 Å². The molecule has 0 radical (unpaired) electrons. The van der Waals surface area contributed by atoms with E-state index in [1.807, 2.05) is 0 Å². The van der Waals surface area contributed by atoms with Gasteiger partial charge in [-0.15, -0.1) is 0 Å². The van der Waals surface area contributed by atoms with Crippen LogP contribution in [0.3, 0.4) is 0 Å². The molecule has 1 saturated carbocycles. The van der Waals surface area contributed by atoms with E-state index in [2.05, 4.69) is 16.7 Å². The van der Waals surface area contributed by atoms with Gasteiger partial charge in [0.2, 0.25) is 0 Å². The van der Waals surface area contributed by atoms with Gasteiger partial charge in [0.05, 0.1) is 6.07 Å². The summed E-state index contributed by atoms with van der Waals surface area (Å²) in [4.78, 5) is 0. The number of fused-ring (bicyclic) bond motifs is 1. The van der Waals surface area contributed by atoms with Gasteiger partial charge in [-0.2, -0.15) is 5.26 Å². The lowest BCUT2D eigenvalue weighted by Crippen LogP contribution is -2.61. The zero-order valence-electron chi connectivity index (χ0n) is 7.21. The van der Waals surface area contributed by atoms with E-state index < -0.39 is 0 Å². The molecule has 0 bridgehead atoms. The fourth-order valence-electron chi connectivity index (χ4n) is 2.24. The minimum Gasteiger partial charge on any atom is -0.310 e.